The summed E-state index contributed by atoms with van der Waals surface area (Å²) in [5.74, 6) is 5.52. The van der Waals surface area contributed by atoms with Crippen molar-refractivity contribution in [1.29, 1.82) is 0 Å². The normalized spacial score (nSPS) is 11.7. The highest BCUT2D eigenvalue weighted by molar-refractivity contribution is 5.82. The molecule has 0 radical (unpaired) electrons. The zero-order chi connectivity index (χ0) is 14.4. The summed E-state index contributed by atoms with van der Waals surface area (Å²) in [6, 6.07) is 17.0. The van der Waals surface area contributed by atoms with E-state index in [2.05, 4.69) is 12.3 Å². The first kappa shape index (κ1) is 14.1. The van der Waals surface area contributed by atoms with Crippen molar-refractivity contribution in [2.24, 2.45) is 5.84 Å². The molecule has 4 heteroatoms. The molecule has 0 heterocycles. The van der Waals surface area contributed by atoms with Crippen LogP contribution in [0.4, 0.5) is 0 Å². The Morgan fingerprint density at radius 3 is 2.60 bits per heavy atom. The molecule has 4 nitrogen and oxygen atoms in total. The first-order valence-electron chi connectivity index (χ1n) is 6.55. The number of nitrogens with two attached hydrogens (primary N) is 1. The van der Waals surface area contributed by atoms with Gasteiger partial charge in [0.1, 0.15) is 5.75 Å². The molecule has 1 amide bonds. The highest BCUT2D eigenvalue weighted by atomic mass is 16.5. The van der Waals surface area contributed by atoms with Crippen LogP contribution in [0, 0.1) is 0 Å². The Balaban J connectivity index is 2.26. The van der Waals surface area contributed by atoms with Crippen molar-refractivity contribution in [3.8, 4) is 5.75 Å². The molecule has 104 valence electrons. The summed E-state index contributed by atoms with van der Waals surface area (Å²) in [5, 5.41) is 0. The van der Waals surface area contributed by atoms with Gasteiger partial charge in [0.15, 0.2) is 0 Å². The quantitative estimate of drug-likeness (QED) is 0.498. The van der Waals surface area contributed by atoms with Crippen molar-refractivity contribution >= 4 is 5.91 Å². The molecule has 0 saturated heterocycles. The maximum absolute atomic E-state index is 11.9. The molecule has 1 unspecified atom stereocenters. The number of nitrogens with one attached hydrogen (secondary N) is 1. The average molecular weight is 270 g/mol. The molecule has 20 heavy (non-hydrogen) atoms. The van der Waals surface area contributed by atoms with Gasteiger partial charge in [-0.15, -0.1) is 0 Å². The number of hydrogen-bond donors (Lipinski definition) is 2. The van der Waals surface area contributed by atoms with Gasteiger partial charge in [0, 0.05) is 5.56 Å². The van der Waals surface area contributed by atoms with Crippen LogP contribution < -0.4 is 16.0 Å². The van der Waals surface area contributed by atoms with Gasteiger partial charge in [0.2, 0.25) is 6.10 Å². The minimum absolute atomic E-state index is 0.377. The van der Waals surface area contributed by atoms with E-state index in [4.69, 9.17) is 10.6 Å². The summed E-state index contributed by atoms with van der Waals surface area (Å²) in [6.45, 7) is 2.07. The fourth-order valence-electron chi connectivity index (χ4n) is 1.95. The second-order valence-electron chi connectivity index (χ2n) is 4.42. The standard InChI is InChI=1S/C16H18N2O2/c1-2-12-7-6-10-14(11-12)20-15(16(19)18-17)13-8-4-3-5-9-13/h3-11,15H,2,17H2,1H3,(H,18,19). The number of aryl methyl sites for hydroxylation is 1. The fourth-order valence-corrected chi connectivity index (χ4v) is 1.95. The number of hydrazine groups is 1. The molecule has 3 N–H and O–H groups in total. The van der Waals surface area contributed by atoms with Gasteiger partial charge in [-0.1, -0.05) is 49.4 Å². The lowest BCUT2D eigenvalue weighted by Crippen LogP contribution is -2.37. The van der Waals surface area contributed by atoms with E-state index in [1.165, 1.54) is 0 Å². The van der Waals surface area contributed by atoms with E-state index < -0.39 is 6.10 Å². The van der Waals surface area contributed by atoms with Crippen LogP contribution in [0.5, 0.6) is 5.75 Å². The maximum Gasteiger partial charge on any atom is 0.279 e. The van der Waals surface area contributed by atoms with Crippen molar-refractivity contribution in [3.05, 3.63) is 65.7 Å². The van der Waals surface area contributed by atoms with Gasteiger partial charge in [-0.25, -0.2) is 5.84 Å². The smallest absolute Gasteiger partial charge is 0.279 e. The van der Waals surface area contributed by atoms with Crippen molar-refractivity contribution < 1.29 is 9.53 Å². The SMILES string of the molecule is CCc1cccc(OC(C(=O)NN)c2ccccc2)c1. The lowest BCUT2D eigenvalue weighted by Gasteiger charge is -2.18. The van der Waals surface area contributed by atoms with E-state index in [9.17, 15) is 4.79 Å². The molecule has 1 atom stereocenters. The zero-order valence-corrected chi connectivity index (χ0v) is 11.4. The molecule has 0 spiro atoms. The van der Waals surface area contributed by atoms with Crippen LogP contribution in [0.2, 0.25) is 0 Å². The largest absolute Gasteiger partial charge is 0.476 e. The monoisotopic (exact) mass is 270 g/mol. The van der Waals surface area contributed by atoms with Crippen LogP contribution in [-0.2, 0) is 11.2 Å². The lowest BCUT2D eigenvalue weighted by atomic mass is 10.1. The number of rotatable bonds is 5. The van der Waals surface area contributed by atoms with E-state index in [-0.39, 0.29) is 5.91 Å². The Kier molecular flexibility index (Phi) is 4.74. The highest BCUT2D eigenvalue weighted by Gasteiger charge is 2.21. The van der Waals surface area contributed by atoms with Gasteiger partial charge in [-0.2, -0.15) is 0 Å². The molecule has 0 saturated carbocycles. The molecule has 0 aliphatic heterocycles. The summed E-state index contributed by atoms with van der Waals surface area (Å²) in [6.07, 6.45) is 0.157. The Morgan fingerprint density at radius 1 is 1.20 bits per heavy atom. The van der Waals surface area contributed by atoms with Gasteiger partial charge < -0.3 is 4.74 Å². The summed E-state index contributed by atoms with van der Waals surface area (Å²) < 4.78 is 5.80. The first-order valence-corrected chi connectivity index (χ1v) is 6.55. The zero-order valence-electron chi connectivity index (χ0n) is 11.4. The second kappa shape index (κ2) is 6.73. The molecule has 0 aromatic heterocycles. The average Bonchev–Trinajstić information content (AvgIpc) is 2.53. The number of amides is 1. The van der Waals surface area contributed by atoms with E-state index in [0.717, 1.165) is 17.5 Å². The van der Waals surface area contributed by atoms with Gasteiger partial charge in [-0.3, -0.25) is 10.2 Å². The third-order valence-corrected chi connectivity index (χ3v) is 3.04. The van der Waals surface area contributed by atoms with Crippen LogP contribution >= 0.6 is 0 Å². The Bertz CT molecular complexity index is 570. The number of ether oxygens (including phenoxy) is 1. The number of hydrogen-bond acceptors (Lipinski definition) is 3. The molecule has 0 fully saturated rings. The summed E-state index contributed by atoms with van der Waals surface area (Å²) >= 11 is 0. The number of carbonyl (C=O) groups excluding carboxylic acids is 1. The van der Waals surface area contributed by atoms with E-state index in [0.29, 0.717) is 5.75 Å². The van der Waals surface area contributed by atoms with Crippen molar-refractivity contribution in [1.82, 2.24) is 5.43 Å². The van der Waals surface area contributed by atoms with E-state index >= 15 is 0 Å². The molecular formula is C16H18N2O2. The van der Waals surface area contributed by atoms with Gasteiger partial charge in [0.25, 0.3) is 5.91 Å². The minimum Gasteiger partial charge on any atom is -0.476 e. The van der Waals surface area contributed by atoms with Gasteiger partial charge >= 0.3 is 0 Å². The molecular weight excluding hydrogens is 252 g/mol. The summed E-state index contributed by atoms with van der Waals surface area (Å²) in [5.41, 5.74) is 4.06. The number of carbonyl (C=O) groups is 1. The van der Waals surface area contributed by atoms with Crippen molar-refractivity contribution in [2.75, 3.05) is 0 Å². The Labute approximate surface area is 118 Å². The molecule has 2 aromatic rings. The third-order valence-electron chi connectivity index (χ3n) is 3.04. The van der Waals surface area contributed by atoms with E-state index in [1.54, 1.807) is 0 Å². The van der Waals surface area contributed by atoms with Crippen LogP contribution in [0.15, 0.2) is 54.6 Å². The van der Waals surface area contributed by atoms with Crippen LogP contribution in [-0.4, -0.2) is 5.91 Å². The molecule has 2 rings (SSSR count). The van der Waals surface area contributed by atoms with Crippen LogP contribution in [0.1, 0.15) is 24.2 Å². The first-order chi connectivity index (χ1) is 9.74. The molecule has 0 bridgehead atoms. The van der Waals surface area contributed by atoms with Gasteiger partial charge in [-0.05, 0) is 24.1 Å². The number of benzene rings is 2. The van der Waals surface area contributed by atoms with Gasteiger partial charge in [0.05, 0.1) is 0 Å². The van der Waals surface area contributed by atoms with Crippen molar-refractivity contribution in [3.63, 3.8) is 0 Å². The van der Waals surface area contributed by atoms with Crippen LogP contribution in [0.25, 0.3) is 0 Å². The summed E-state index contributed by atoms with van der Waals surface area (Å²) in [4.78, 5) is 11.9. The molecule has 0 aliphatic carbocycles. The topological polar surface area (TPSA) is 64.3 Å². The molecule has 2 aromatic carbocycles. The Morgan fingerprint density at radius 2 is 1.95 bits per heavy atom. The predicted octanol–water partition coefficient (Wildman–Crippen LogP) is 2.36. The second-order valence-corrected chi connectivity index (χ2v) is 4.42. The third kappa shape index (κ3) is 3.36. The highest BCUT2D eigenvalue weighted by Crippen LogP contribution is 2.23. The van der Waals surface area contributed by atoms with Crippen molar-refractivity contribution in [2.45, 2.75) is 19.4 Å². The molecule has 0 aliphatic rings. The maximum atomic E-state index is 11.9. The summed E-state index contributed by atoms with van der Waals surface area (Å²) in [7, 11) is 0. The predicted molar refractivity (Wildman–Crippen MR) is 78.0 cm³/mol. The minimum atomic E-state index is -0.756. The Hall–Kier alpha value is -2.33. The lowest BCUT2D eigenvalue weighted by molar-refractivity contribution is -0.128. The fraction of sp³-hybridized carbons (Fsp3) is 0.188. The van der Waals surface area contributed by atoms with Crippen LogP contribution in [0.3, 0.4) is 0 Å². The van der Waals surface area contributed by atoms with E-state index in [1.807, 2.05) is 54.6 Å².